The van der Waals surface area contributed by atoms with E-state index in [1.54, 1.807) is 6.07 Å². The molecule has 1 atom stereocenters. The van der Waals surface area contributed by atoms with Gasteiger partial charge in [0, 0.05) is 5.56 Å². The minimum atomic E-state index is -5.76. The van der Waals surface area contributed by atoms with Crippen LogP contribution in [0, 0.1) is 11.7 Å². The van der Waals surface area contributed by atoms with Gasteiger partial charge in [0.05, 0.1) is 0 Å². The first-order chi connectivity index (χ1) is 15.0. The monoisotopic (exact) mass is 462 g/mol. The Labute approximate surface area is 182 Å². The number of hydrogen-bond donors (Lipinski definition) is 0. The molecule has 1 saturated carbocycles. The molecule has 0 aliphatic heterocycles. The molecule has 1 aliphatic rings. The molecule has 1 aliphatic carbocycles. The van der Waals surface area contributed by atoms with Crippen molar-refractivity contribution in [1.29, 1.82) is 0 Å². The highest BCUT2D eigenvalue weighted by Crippen LogP contribution is 2.39. The van der Waals surface area contributed by atoms with Crippen molar-refractivity contribution in [2.24, 2.45) is 5.92 Å². The molecular formula is C24H25F7O. The van der Waals surface area contributed by atoms with Gasteiger partial charge in [-0.1, -0.05) is 44.0 Å². The van der Waals surface area contributed by atoms with Gasteiger partial charge < -0.3 is 4.74 Å². The van der Waals surface area contributed by atoms with Crippen LogP contribution in [-0.2, 0) is 0 Å². The standard InChI is InChI=1S/C24H25F7O/c1-2-3-15-4-6-16(7-5-15)18-10-13-20(21(25)14-18)17-8-11-19(12-9-17)32-24(30,31)22(26)23(27,28)29/h8-16,22H,2-7H2,1H3. The van der Waals surface area contributed by atoms with Gasteiger partial charge in [-0.25, -0.2) is 8.78 Å². The fourth-order valence-electron chi connectivity index (χ4n) is 4.31. The average molecular weight is 462 g/mol. The van der Waals surface area contributed by atoms with E-state index in [1.807, 2.05) is 6.07 Å². The molecule has 1 nitrogen and oxygen atoms in total. The van der Waals surface area contributed by atoms with Gasteiger partial charge in [0.2, 0.25) is 0 Å². The molecule has 32 heavy (non-hydrogen) atoms. The van der Waals surface area contributed by atoms with Gasteiger partial charge in [-0.15, -0.1) is 0 Å². The lowest BCUT2D eigenvalue weighted by atomic mass is 9.77. The molecule has 0 spiro atoms. The zero-order valence-electron chi connectivity index (χ0n) is 17.6. The van der Waals surface area contributed by atoms with Crippen LogP contribution < -0.4 is 4.74 Å². The first-order valence-corrected chi connectivity index (χ1v) is 10.7. The predicted molar refractivity (Wildman–Crippen MR) is 108 cm³/mol. The van der Waals surface area contributed by atoms with Gasteiger partial charge in [0.25, 0.3) is 6.17 Å². The average Bonchev–Trinajstić information content (AvgIpc) is 2.74. The molecule has 0 radical (unpaired) electrons. The van der Waals surface area contributed by atoms with E-state index in [2.05, 4.69) is 11.7 Å². The minimum Gasteiger partial charge on any atom is -0.430 e. The second kappa shape index (κ2) is 9.71. The molecule has 3 rings (SSSR count). The smallest absolute Gasteiger partial charge is 0.430 e. The van der Waals surface area contributed by atoms with Crippen molar-refractivity contribution in [3.63, 3.8) is 0 Å². The van der Waals surface area contributed by atoms with Gasteiger partial charge in [0.15, 0.2) is 0 Å². The fourth-order valence-corrected chi connectivity index (χ4v) is 4.31. The van der Waals surface area contributed by atoms with E-state index in [-0.39, 0.29) is 5.56 Å². The van der Waals surface area contributed by atoms with Crippen LogP contribution >= 0.6 is 0 Å². The van der Waals surface area contributed by atoms with Gasteiger partial charge in [-0.3, -0.25) is 0 Å². The summed E-state index contributed by atoms with van der Waals surface area (Å²) in [5.41, 5.74) is 1.48. The van der Waals surface area contributed by atoms with E-state index in [9.17, 15) is 30.7 Å². The number of hydrogen-bond acceptors (Lipinski definition) is 1. The summed E-state index contributed by atoms with van der Waals surface area (Å²) in [5, 5.41) is 0. The van der Waals surface area contributed by atoms with Crippen LogP contribution in [0.25, 0.3) is 11.1 Å². The number of ether oxygens (including phenoxy) is 1. The largest absolute Gasteiger partial charge is 0.439 e. The molecule has 0 N–H and O–H groups in total. The van der Waals surface area contributed by atoms with E-state index in [1.165, 1.54) is 24.6 Å². The zero-order valence-corrected chi connectivity index (χ0v) is 17.6. The summed E-state index contributed by atoms with van der Waals surface area (Å²) in [4.78, 5) is 0. The van der Waals surface area contributed by atoms with Gasteiger partial charge >= 0.3 is 12.3 Å². The molecule has 2 aromatic rings. The van der Waals surface area contributed by atoms with Crippen molar-refractivity contribution in [3.05, 3.63) is 53.8 Å². The third kappa shape index (κ3) is 5.75. The third-order valence-electron chi connectivity index (χ3n) is 6.01. The van der Waals surface area contributed by atoms with Crippen molar-refractivity contribution < 1.29 is 35.5 Å². The van der Waals surface area contributed by atoms with Gasteiger partial charge in [-0.2, -0.15) is 22.0 Å². The predicted octanol–water partition coefficient (Wildman–Crippen LogP) is 8.44. The van der Waals surface area contributed by atoms with Crippen LogP contribution in [-0.4, -0.2) is 18.5 Å². The highest BCUT2D eigenvalue weighted by molar-refractivity contribution is 5.65. The normalized spacial score (nSPS) is 20.8. The molecular weight excluding hydrogens is 437 g/mol. The van der Waals surface area contributed by atoms with E-state index < -0.39 is 30.0 Å². The molecule has 0 bridgehead atoms. The van der Waals surface area contributed by atoms with Crippen LogP contribution in [0.5, 0.6) is 5.75 Å². The van der Waals surface area contributed by atoms with Crippen molar-refractivity contribution >= 4 is 0 Å². The molecule has 1 fully saturated rings. The van der Waals surface area contributed by atoms with Crippen molar-refractivity contribution in [1.82, 2.24) is 0 Å². The summed E-state index contributed by atoms with van der Waals surface area (Å²) < 4.78 is 95.1. The highest BCUT2D eigenvalue weighted by Gasteiger charge is 2.59. The Morgan fingerprint density at radius 3 is 2.09 bits per heavy atom. The SMILES string of the molecule is CCCC1CCC(c2ccc(-c3ccc(OC(F)(F)C(F)C(F)(F)F)cc3)c(F)c2)CC1. The zero-order chi connectivity index (χ0) is 23.5. The van der Waals surface area contributed by atoms with Crippen LogP contribution in [0.4, 0.5) is 30.7 Å². The molecule has 0 saturated heterocycles. The first kappa shape index (κ1) is 24.4. The second-order valence-corrected chi connectivity index (χ2v) is 8.34. The quantitative estimate of drug-likeness (QED) is 0.375. The van der Waals surface area contributed by atoms with Crippen molar-refractivity contribution in [2.75, 3.05) is 0 Å². The lowest BCUT2D eigenvalue weighted by Crippen LogP contribution is -2.45. The Morgan fingerprint density at radius 1 is 0.938 bits per heavy atom. The Morgan fingerprint density at radius 2 is 1.56 bits per heavy atom. The Balaban J connectivity index is 1.69. The molecule has 2 aromatic carbocycles. The minimum absolute atomic E-state index is 0.227. The van der Waals surface area contributed by atoms with E-state index in [0.717, 1.165) is 55.7 Å². The fraction of sp³-hybridized carbons (Fsp3) is 0.500. The maximum atomic E-state index is 14.8. The van der Waals surface area contributed by atoms with E-state index in [0.29, 0.717) is 11.5 Å². The van der Waals surface area contributed by atoms with Gasteiger partial charge in [-0.05, 0) is 66.8 Å². The molecule has 8 heteroatoms. The summed E-state index contributed by atoms with van der Waals surface area (Å²) in [6.45, 7) is 2.17. The Hall–Kier alpha value is -2.25. The number of halogens is 7. The molecule has 176 valence electrons. The highest BCUT2D eigenvalue weighted by atomic mass is 19.4. The lowest BCUT2D eigenvalue weighted by Gasteiger charge is -2.28. The van der Waals surface area contributed by atoms with Crippen molar-refractivity contribution in [2.45, 2.75) is 69.8 Å². The Bertz CT molecular complexity index is 884. The van der Waals surface area contributed by atoms with Crippen LogP contribution in [0.2, 0.25) is 0 Å². The maximum Gasteiger partial charge on any atom is 0.439 e. The number of benzene rings is 2. The summed E-state index contributed by atoms with van der Waals surface area (Å²) in [6.07, 6.45) is -8.65. The summed E-state index contributed by atoms with van der Waals surface area (Å²) in [7, 11) is 0. The topological polar surface area (TPSA) is 9.23 Å². The number of alkyl halides is 6. The Kier molecular flexibility index (Phi) is 7.40. The third-order valence-corrected chi connectivity index (χ3v) is 6.01. The van der Waals surface area contributed by atoms with Crippen LogP contribution in [0.3, 0.4) is 0 Å². The maximum absolute atomic E-state index is 14.8. The summed E-state index contributed by atoms with van der Waals surface area (Å²) in [6, 6.07) is 9.31. The van der Waals surface area contributed by atoms with Gasteiger partial charge in [0.1, 0.15) is 11.6 Å². The van der Waals surface area contributed by atoms with Crippen molar-refractivity contribution in [3.8, 4) is 16.9 Å². The molecule has 0 amide bonds. The molecule has 0 heterocycles. The number of rotatable bonds is 7. The van der Waals surface area contributed by atoms with Crippen LogP contribution in [0.15, 0.2) is 42.5 Å². The molecule has 1 unspecified atom stereocenters. The lowest BCUT2D eigenvalue weighted by molar-refractivity contribution is -0.304. The van der Waals surface area contributed by atoms with E-state index in [4.69, 9.17) is 0 Å². The van der Waals surface area contributed by atoms with Crippen LogP contribution in [0.1, 0.15) is 56.9 Å². The molecule has 0 aromatic heterocycles. The summed E-state index contributed by atoms with van der Waals surface area (Å²) in [5.74, 6) is -0.103. The van der Waals surface area contributed by atoms with E-state index >= 15 is 0 Å². The summed E-state index contributed by atoms with van der Waals surface area (Å²) >= 11 is 0. The first-order valence-electron chi connectivity index (χ1n) is 10.7. The second-order valence-electron chi connectivity index (χ2n) is 8.34.